The predicted octanol–water partition coefficient (Wildman–Crippen LogP) is 4.34. The van der Waals surface area contributed by atoms with E-state index < -0.39 is 0 Å². The van der Waals surface area contributed by atoms with E-state index in [1.165, 1.54) is 12.8 Å². The molecule has 1 aromatic heterocycles. The third-order valence-electron chi connectivity index (χ3n) is 2.83. The first kappa shape index (κ1) is 15.2. The second-order valence-corrected chi connectivity index (χ2v) is 6.05. The molecule has 0 radical (unpaired) electrons. The Balaban J connectivity index is 2.86. The third-order valence-corrected chi connectivity index (χ3v) is 3.20. The van der Waals surface area contributed by atoms with Crippen LogP contribution >= 0.6 is 11.6 Å². The van der Waals surface area contributed by atoms with E-state index in [0.717, 1.165) is 30.2 Å². The quantitative estimate of drug-likeness (QED) is 0.638. The lowest BCUT2D eigenvalue weighted by atomic mass is 9.95. The van der Waals surface area contributed by atoms with E-state index in [-0.39, 0.29) is 5.41 Å². The van der Waals surface area contributed by atoms with E-state index in [2.05, 4.69) is 43.0 Å². The fraction of sp³-hybridized carbons (Fsp3) is 0.714. The number of unbranched alkanes of at least 4 members (excludes halogenated alkanes) is 2. The molecule has 3 nitrogen and oxygen atoms in total. The number of nitrogens with zero attached hydrogens (tertiary/aromatic N) is 2. The van der Waals surface area contributed by atoms with E-state index in [4.69, 9.17) is 11.6 Å². The first-order valence-electron chi connectivity index (χ1n) is 6.64. The molecule has 0 atom stereocenters. The summed E-state index contributed by atoms with van der Waals surface area (Å²) in [7, 11) is 0. The second kappa shape index (κ2) is 6.37. The number of halogens is 1. The van der Waals surface area contributed by atoms with Crippen LogP contribution in [0.4, 0.5) is 5.82 Å². The maximum Gasteiger partial charge on any atom is 0.137 e. The molecule has 0 unspecified atom stereocenters. The molecule has 1 heterocycles. The molecule has 0 fully saturated rings. The van der Waals surface area contributed by atoms with Crippen LogP contribution in [0.5, 0.6) is 0 Å². The van der Waals surface area contributed by atoms with Gasteiger partial charge in [-0.3, -0.25) is 0 Å². The zero-order valence-corrected chi connectivity index (χ0v) is 12.9. The van der Waals surface area contributed by atoms with Crippen molar-refractivity contribution in [3.8, 4) is 0 Å². The normalized spacial score (nSPS) is 11.7. The number of hydrogen-bond donors (Lipinski definition) is 1. The molecule has 0 bridgehead atoms. The van der Waals surface area contributed by atoms with Gasteiger partial charge in [-0.25, -0.2) is 9.97 Å². The van der Waals surface area contributed by atoms with Gasteiger partial charge in [-0.15, -0.1) is 0 Å². The van der Waals surface area contributed by atoms with Crippen LogP contribution < -0.4 is 5.32 Å². The Morgan fingerprint density at radius 1 is 1.17 bits per heavy atom. The van der Waals surface area contributed by atoms with Gasteiger partial charge in [-0.1, -0.05) is 52.1 Å². The zero-order valence-electron chi connectivity index (χ0n) is 12.1. The van der Waals surface area contributed by atoms with Gasteiger partial charge in [0.1, 0.15) is 16.8 Å². The highest BCUT2D eigenvalue weighted by molar-refractivity contribution is 6.30. The Bertz CT molecular complexity index is 397. The second-order valence-electron chi connectivity index (χ2n) is 5.70. The lowest BCUT2D eigenvalue weighted by Crippen LogP contribution is -2.18. The van der Waals surface area contributed by atoms with Gasteiger partial charge < -0.3 is 5.32 Å². The summed E-state index contributed by atoms with van der Waals surface area (Å²) in [6.07, 6.45) is 3.61. The Hall–Kier alpha value is -0.830. The highest BCUT2D eigenvalue weighted by Crippen LogP contribution is 2.25. The molecule has 1 aromatic rings. The van der Waals surface area contributed by atoms with Gasteiger partial charge in [0.15, 0.2) is 0 Å². The predicted molar refractivity (Wildman–Crippen MR) is 78.5 cm³/mol. The smallest absolute Gasteiger partial charge is 0.137 e. The number of hydrogen-bond acceptors (Lipinski definition) is 3. The molecule has 0 saturated heterocycles. The van der Waals surface area contributed by atoms with Crippen molar-refractivity contribution in [2.75, 3.05) is 11.9 Å². The van der Waals surface area contributed by atoms with E-state index in [1.54, 1.807) is 0 Å². The van der Waals surface area contributed by atoms with Crippen LogP contribution in [0.1, 0.15) is 58.3 Å². The standard InChI is InChI=1S/C14H24ClN3/c1-6-7-8-9-16-12-10(2)11(15)17-13(18-12)14(3,4)5/h6-9H2,1-5H3,(H,16,17,18). The van der Waals surface area contributed by atoms with Gasteiger partial charge in [-0.2, -0.15) is 0 Å². The highest BCUT2D eigenvalue weighted by atomic mass is 35.5. The van der Waals surface area contributed by atoms with Gasteiger partial charge in [0.2, 0.25) is 0 Å². The lowest BCUT2D eigenvalue weighted by Gasteiger charge is -2.19. The van der Waals surface area contributed by atoms with Crippen molar-refractivity contribution in [3.63, 3.8) is 0 Å². The molecule has 0 aliphatic carbocycles. The zero-order chi connectivity index (χ0) is 13.8. The van der Waals surface area contributed by atoms with Crippen molar-refractivity contribution in [3.05, 3.63) is 16.5 Å². The molecule has 0 aliphatic heterocycles. The first-order chi connectivity index (χ1) is 8.36. The van der Waals surface area contributed by atoms with Crippen LogP contribution in [0, 0.1) is 6.92 Å². The van der Waals surface area contributed by atoms with Crippen molar-refractivity contribution >= 4 is 17.4 Å². The maximum absolute atomic E-state index is 6.17. The fourth-order valence-corrected chi connectivity index (χ4v) is 1.75. The van der Waals surface area contributed by atoms with Crippen molar-refractivity contribution in [1.29, 1.82) is 0 Å². The summed E-state index contributed by atoms with van der Waals surface area (Å²) < 4.78 is 0. The van der Waals surface area contributed by atoms with E-state index >= 15 is 0 Å². The number of anilines is 1. The maximum atomic E-state index is 6.17. The van der Waals surface area contributed by atoms with E-state index in [1.807, 2.05) is 6.92 Å². The molecular formula is C14H24ClN3. The van der Waals surface area contributed by atoms with Crippen molar-refractivity contribution in [2.24, 2.45) is 0 Å². The van der Waals surface area contributed by atoms with Gasteiger partial charge in [0, 0.05) is 17.5 Å². The van der Waals surface area contributed by atoms with E-state index in [9.17, 15) is 0 Å². The first-order valence-corrected chi connectivity index (χ1v) is 7.02. The molecule has 0 amide bonds. The Morgan fingerprint density at radius 3 is 2.39 bits per heavy atom. The molecule has 0 aliphatic rings. The summed E-state index contributed by atoms with van der Waals surface area (Å²) in [6, 6.07) is 0. The summed E-state index contributed by atoms with van der Waals surface area (Å²) in [5.41, 5.74) is 0.846. The molecule has 102 valence electrons. The molecule has 0 spiro atoms. The van der Waals surface area contributed by atoms with Crippen molar-refractivity contribution in [1.82, 2.24) is 9.97 Å². The van der Waals surface area contributed by atoms with Crippen LogP contribution in [0.3, 0.4) is 0 Å². The van der Waals surface area contributed by atoms with Crippen LogP contribution in [0.2, 0.25) is 5.15 Å². The molecular weight excluding hydrogens is 246 g/mol. The summed E-state index contributed by atoms with van der Waals surface area (Å²) in [6.45, 7) is 11.4. The van der Waals surface area contributed by atoms with Crippen LogP contribution in [0.25, 0.3) is 0 Å². The van der Waals surface area contributed by atoms with Crippen LogP contribution in [-0.4, -0.2) is 16.5 Å². The highest BCUT2D eigenvalue weighted by Gasteiger charge is 2.20. The van der Waals surface area contributed by atoms with Gasteiger partial charge in [0.25, 0.3) is 0 Å². The topological polar surface area (TPSA) is 37.8 Å². The Kier molecular flexibility index (Phi) is 5.39. The van der Waals surface area contributed by atoms with Crippen LogP contribution in [0.15, 0.2) is 0 Å². The number of nitrogens with one attached hydrogen (secondary N) is 1. The summed E-state index contributed by atoms with van der Waals surface area (Å²) in [5, 5.41) is 3.91. The third kappa shape index (κ3) is 4.13. The molecule has 1 rings (SSSR count). The van der Waals surface area contributed by atoms with Gasteiger partial charge >= 0.3 is 0 Å². The van der Waals surface area contributed by atoms with E-state index in [0.29, 0.717) is 5.15 Å². The summed E-state index contributed by atoms with van der Waals surface area (Å²) >= 11 is 6.17. The molecule has 18 heavy (non-hydrogen) atoms. The molecule has 0 saturated carbocycles. The largest absolute Gasteiger partial charge is 0.370 e. The van der Waals surface area contributed by atoms with Crippen molar-refractivity contribution in [2.45, 2.75) is 59.3 Å². The van der Waals surface area contributed by atoms with Gasteiger partial charge in [0.05, 0.1) is 0 Å². The summed E-state index contributed by atoms with van der Waals surface area (Å²) in [4.78, 5) is 8.96. The summed E-state index contributed by atoms with van der Waals surface area (Å²) in [5.74, 6) is 1.66. The SMILES string of the molecule is CCCCCNc1nc(C(C)(C)C)nc(Cl)c1C. The monoisotopic (exact) mass is 269 g/mol. The minimum Gasteiger partial charge on any atom is -0.370 e. The van der Waals surface area contributed by atoms with Crippen LogP contribution in [-0.2, 0) is 5.41 Å². The minimum absolute atomic E-state index is 0.0861. The number of aromatic nitrogens is 2. The molecule has 4 heteroatoms. The lowest BCUT2D eigenvalue weighted by molar-refractivity contribution is 0.545. The Morgan fingerprint density at radius 2 is 1.83 bits per heavy atom. The fourth-order valence-electron chi connectivity index (χ4n) is 1.58. The molecule has 1 N–H and O–H groups in total. The average molecular weight is 270 g/mol. The van der Waals surface area contributed by atoms with Crippen molar-refractivity contribution < 1.29 is 0 Å². The molecule has 0 aromatic carbocycles. The minimum atomic E-state index is -0.0861. The average Bonchev–Trinajstić information content (AvgIpc) is 2.28. The Labute approximate surface area is 115 Å². The number of rotatable bonds is 5. The van der Waals surface area contributed by atoms with Gasteiger partial charge in [-0.05, 0) is 13.3 Å².